The fourth-order valence-electron chi connectivity index (χ4n) is 2.92. The van der Waals surface area contributed by atoms with Crippen molar-refractivity contribution in [3.63, 3.8) is 0 Å². The van der Waals surface area contributed by atoms with Gasteiger partial charge in [0.05, 0.1) is 16.8 Å². The lowest BCUT2D eigenvalue weighted by Crippen LogP contribution is -2.45. The summed E-state index contributed by atoms with van der Waals surface area (Å²) in [5.74, 6) is -0.366. The molecule has 0 bridgehead atoms. The van der Waals surface area contributed by atoms with Crippen LogP contribution in [0.5, 0.6) is 0 Å². The number of hydrogen-bond acceptors (Lipinski definition) is 6. The van der Waals surface area contributed by atoms with Crippen LogP contribution in [-0.2, 0) is 6.54 Å². The monoisotopic (exact) mass is 377 g/mol. The number of nitrogens with zero attached hydrogens (tertiary/aromatic N) is 3. The fourth-order valence-corrected chi connectivity index (χ4v) is 4.21. The van der Waals surface area contributed by atoms with Gasteiger partial charge in [0.2, 0.25) is 5.76 Å². The van der Waals surface area contributed by atoms with Gasteiger partial charge in [-0.3, -0.25) is 4.90 Å². The number of fused-ring (bicyclic) bond motifs is 1. The molecule has 0 amide bonds. The summed E-state index contributed by atoms with van der Waals surface area (Å²) in [5.41, 5.74) is 0.976. The lowest BCUT2D eigenvalue weighted by molar-refractivity contribution is 0.0658. The molecular formula is C17H16ClN3O3S. The summed E-state index contributed by atoms with van der Waals surface area (Å²) in [6, 6.07) is 8.99. The van der Waals surface area contributed by atoms with E-state index in [-0.39, 0.29) is 5.76 Å². The van der Waals surface area contributed by atoms with Crippen molar-refractivity contribution in [2.75, 3.05) is 31.1 Å². The van der Waals surface area contributed by atoms with Crippen LogP contribution in [0.2, 0.25) is 5.02 Å². The molecule has 0 radical (unpaired) electrons. The highest BCUT2D eigenvalue weighted by Crippen LogP contribution is 2.31. The van der Waals surface area contributed by atoms with Crippen molar-refractivity contribution < 1.29 is 14.3 Å². The highest BCUT2D eigenvalue weighted by molar-refractivity contribution is 7.22. The molecule has 1 aromatic carbocycles. The first-order valence-corrected chi connectivity index (χ1v) is 9.13. The van der Waals surface area contributed by atoms with Crippen LogP contribution in [0.3, 0.4) is 0 Å². The van der Waals surface area contributed by atoms with Crippen molar-refractivity contribution >= 4 is 44.3 Å². The van der Waals surface area contributed by atoms with E-state index in [4.69, 9.17) is 26.1 Å². The Labute approximate surface area is 153 Å². The van der Waals surface area contributed by atoms with Crippen molar-refractivity contribution in [3.05, 3.63) is 46.9 Å². The van der Waals surface area contributed by atoms with Gasteiger partial charge in [-0.25, -0.2) is 9.78 Å². The molecule has 3 aromatic rings. The van der Waals surface area contributed by atoms with Gasteiger partial charge in [0, 0.05) is 31.2 Å². The largest absolute Gasteiger partial charge is 0.475 e. The first-order valence-electron chi connectivity index (χ1n) is 7.94. The Morgan fingerprint density at radius 2 is 2.04 bits per heavy atom. The summed E-state index contributed by atoms with van der Waals surface area (Å²) in [6.07, 6.45) is 0. The summed E-state index contributed by atoms with van der Waals surface area (Å²) in [7, 11) is 0. The van der Waals surface area contributed by atoms with E-state index in [1.165, 1.54) is 6.07 Å². The van der Waals surface area contributed by atoms with E-state index in [2.05, 4.69) is 9.80 Å². The third-order valence-corrected chi connectivity index (χ3v) is 5.55. The van der Waals surface area contributed by atoms with Gasteiger partial charge in [-0.05, 0) is 30.3 Å². The number of carbonyl (C=O) groups is 1. The van der Waals surface area contributed by atoms with Crippen LogP contribution in [0.1, 0.15) is 16.3 Å². The molecule has 130 valence electrons. The third-order valence-electron chi connectivity index (χ3n) is 4.23. The summed E-state index contributed by atoms with van der Waals surface area (Å²) >= 11 is 7.70. The molecule has 0 unspecified atom stereocenters. The average Bonchev–Trinajstić information content (AvgIpc) is 3.22. The van der Waals surface area contributed by atoms with E-state index in [0.717, 1.165) is 46.5 Å². The Morgan fingerprint density at radius 1 is 1.24 bits per heavy atom. The number of carboxylic acid groups (broad SMARTS) is 1. The second kappa shape index (κ2) is 6.67. The minimum atomic E-state index is -1.04. The van der Waals surface area contributed by atoms with Gasteiger partial charge in [0.1, 0.15) is 5.76 Å². The van der Waals surface area contributed by atoms with Gasteiger partial charge >= 0.3 is 5.97 Å². The van der Waals surface area contributed by atoms with Crippen molar-refractivity contribution in [2.45, 2.75) is 6.54 Å². The number of benzene rings is 1. The summed E-state index contributed by atoms with van der Waals surface area (Å²) < 4.78 is 6.43. The van der Waals surface area contributed by atoms with Gasteiger partial charge in [-0.2, -0.15) is 0 Å². The van der Waals surface area contributed by atoms with Crippen molar-refractivity contribution in [1.82, 2.24) is 9.88 Å². The number of piperazine rings is 1. The minimum absolute atomic E-state index is 0.0122. The van der Waals surface area contributed by atoms with Crippen LogP contribution in [-0.4, -0.2) is 47.1 Å². The predicted octanol–water partition coefficient (Wildman–Crippen LogP) is 3.56. The summed E-state index contributed by atoms with van der Waals surface area (Å²) in [6.45, 7) is 4.12. The summed E-state index contributed by atoms with van der Waals surface area (Å²) in [5, 5.41) is 10.7. The molecule has 1 aliphatic heterocycles. The molecule has 0 atom stereocenters. The molecule has 4 rings (SSSR count). The van der Waals surface area contributed by atoms with Crippen LogP contribution in [0.25, 0.3) is 10.2 Å². The van der Waals surface area contributed by atoms with Crippen LogP contribution >= 0.6 is 22.9 Å². The Bertz CT molecular complexity index is 915. The Hall–Kier alpha value is -2.09. The number of anilines is 1. The van der Waals surface area contributed by atoms with Gasteiger partial charge < -0.3 is 14.4 Å². The number of aromatic nitrogens is 1. The number of rotatable bonds is 4. The normalized spacial score (nSPS) is 15.8. The zero-order valence-corrected chi connectivity index (χ0v) is 14.9. The molecule has 3 heterocycles. The molecule has 8 heteroatoms. The van der Waals surface area contributed by atoms with Crippen molar-refractivity contribution in [3.8, 4) is 0 Å². The molecule has 1 saturated heterocycles. The molecule has 1 fully saturated rings. The Morgan fingerprint density at radius 3 is 2.76 bits per heavy atom. The minimum Gasteiger partial charge on any atom is -0.475 e. The number of carboxylic acids is 1. The molecule has 0 saturated carbocycles. The highest BCUT2D eigenvalue weighted by atomic mass is 35.5. The average molecular weight is 378 g/mol. The standard InChI is InChI=1S/C17H16ClN3O3S/c18-11-1-3-13-15(9-11)25-17(19-13)21-7-5-20(6-8-21)10-12-2-4-14(24-12)16(22)23/h1-4,9H,5-8,10H2,(H,22,23). The Kier molecular flexibility index (Phi) is 4.37. The molecule has 0 spiro atoms. The zero-order chi connectivity index (χ0) is 17.4. The summed E-state index contributed by atoms with van der Waals surface area (Å²) in [4.78, 5) is 20.1. The maximum Gasteiger partial charge on any atom is 0.371 e. The number of aromatic carboxylic acids is 1. The second-order valence-electron chi connectivity index (χ2n) is 5.94. The third kappa shape index (κ3) is 3.49. The van der Waals surface area contributed by atoms with Crippen LogP contribution in [0.15, 0.2) is 34.7 Å². The van der Waals surface area contributed by atoms with E-state index >= 15 is 0 Å². The zero-order valence-electron chi connectivity index (χ0n) is 13.3. The number of furan rings is 1. The first-order chi connectivity index (χ1) is 12.1. The second-order valence-corrected chi connectivity index (χ2v) is 7.39. The maximum absolute atomic E-state index is 10.9. The van der Waals surface area contributed by atoms with Crippen LogP contribution < -0.4 is 4.90 Å². The van der Waals surface area contributed by atoms with E-state index in [0.29, 0.717) is 12.3 Å². The molecule has 6 nitrogen and oxygen atoms in total. The van der Waals surface area contributed by atoms with E-state index in [1.54, 1.807) is 17.4 Å². The van der Waals surface area contributed by atoms with E-state index in [9.17, 15) is 4.79 Å². The van der Waals surface area contributed by atoms with Crippen LogP contribution in [0.4, 0.5) is 5.13 Å². The fraction of sp³-hybridized carbons (Fsp3) is 0.294. The Balaban J connectivity index is 1.39. The maximum atomic E-state index is 10.9. The predicted molar refractivity (Wildman–Crippen MR) is 97.8 cm³/mol. The lowest BCUT2D eigenvalue weighted by Gasteiger charge is -2.34. The molecule has 0 aliphatic carbocycles. The lowest BCUT2D eigenvalue weighted by atomic mass is 10.3. The van der Waals surface area contributed by atoms with Gasteiger partial charge in [0.25, 0.3) is 0 Å². The van der Waals surface area contributed by atoms with Gasteiger partial charge in [-0.1, -0.05) is 22.9 Å². The van der Waals surface area contributed by atoms with Crippen LogP contribution in [0, 0.1) is 0 Å². The van der Waals surface area contributed by atoms with E-state index < -0.39 is 5.97 Å². The van der Waals surface area contributed by atoms with Crippen molar-refractivity contribution in [1.29, 1.82) is 0 Å². The molecular weight excluding hydrogens is 362 g/mol. The molecule has 2 aromatic heterocycles. The number of halogens is 1. The highest BCUT2D eigenvalue weighted by Gasteiger charge is 2.21. The van der Waals surface area contributed by atoms with E-state index in [1.807, 2.05) is 18.2 Å². The first kappa shape index (κ1) is 16.4. The quantitative estimate of drug-likeness (QED) is 0.749. The molecule has 1 N–H and O–H groups in total. The van der Waals surface area contributed by atoms with Gasteiger partial charge in [0.15, 0.2) is 5.13 Å². The molecule has 1 aliphatic rings. The number of thiazole rings is 1. The van der Waals surface area contributed by atoms with Gasteiger partial charge in [-0.15, -0.1) is 0 Å². The smallest absolute Gasteiger partial charge is 0.371 e. The van der Waals surface area contributed by atoms with Crippen molar-refractivity contribution in [2.24, 2.45) is 0 Å². The SMILES string of the molecule is O=C(O)c1ccc(CN2CCN(c3nc4ccc(Cl)cc4s3)CC2)o1. The molecule has 25 heavy (non-hydrogen) atoms. The number of hydrogen-bond donors (Lipinski definition) is 1. The topological polar surface area (TPSA) is 69.8 Å².